The van der Waals surface area contributed by atoms with E-state index >= 15 is 0 Å². The molecule has 1 aromatic heterocycles. The predicted molar refractivity (Wildman–Crippen MR) is 99.6 cm³/mol. The maximum Gasteiger partial charge on any atom is 0.123 e. The van der Waals surface area contributed by atoms with Gasteiger partial charge in [0.2, 0.25) is 0 Å². The summed E-state index contributed by atoms with van der Waals surface area (Å²) in [6.07, 6.45) is 1.76. The highest BCUT2D eigenvalue weighted by Crippen LogP contribution is 2.14. The molecule has 0 bridgehead atoms. The number of anilines is 1. The minimum Gasteiger partial charge on any atom is -0.278 e. The Balaban J connectivity index is 1.73. The molecule has 0 unspecified atom stereocenters. The van der Waals surface area contributed by atoms with E-state index < -0.39 is 0 Å². The Morgan fingerprint density at radius 3 is 2.40 bits per heavy atom. The molecule has 0 aliphatic carbocycles. The first-order chi connectivity index (χ1) is 12.0. The van der Waals surface area contributed by atoms with E-state index in [9.17, 15) is 4.39 Å². The smallest absolute Gasteiger partial charge is 0.123 e. The summed E-state index contributed by atoms with van der Waals surface area (Å²) in [5.74, 6) is -0.265. The molecule has 128 valence electrons. The van der Waals surface area contributed by atoms with E-state index in [1.165, 1.54) is 23.3 Å². The number of hydrogen-bond acceptors (Lipinski definition) is 3. The van der Waals surface area contributed by atoms with Crippen LogP contribution in [0.25, 0.3) is 0 Å². The average Bonchev–Trinajstić information content (AvgIpc) is 2.86. The fourth-order valence-electron chi connectivity index (χ4n) is 2.61. The van der Waals surface area contributed by atoms with Gasteiger partial charge in [0.1, 0.15) is 5.82 Å². The van der Waals surface area contributed by atoms with Crippen LogP contribution in [0.5, 0.6) is 0 Å². The molecule has 0 atom stereocenters. The van der Waals surface area contributed by atoms with E-state index in [1.807, 2.05) is 18.5 Å². The van der Waals surface area contributed by atoms with Gasteiger partial charge in [0.15, 0.2) is 0 Å². The van der Waals surface area contributed by atoms with E-state index in [2.05, 4.69) is 46.8 Å². The summed E-state index contributed by atoms with van der Waals surface area (Å²) in [5, 5.41) is 8.86. The first kappa shape index (κ1) is 16.9. The molecule has 0 saturated carbocycles. The van der Waals surface area contributed by atoms with Crippen molar-refractivity contribution in [1.29, 1.82) is 0 Å². The molecular formula is C20H21FN4. The van der Waals surface area contributed by atoms with Crippen LogP contribution < -0.4 is 5.43 Å². The van der Waals surface area contributed by atoms with Crippen molar-refractivity contribution in [3.05, 3.63) is 82.4 Å². The Bertz CT molecular complexity index is 877. The average molecular weight is 336 g/mol. The van der Waals surface area contributed by atoms with E-state index in [4.69, 9.17) is 0 Å². The number of aryl methyl sites for hydroxylation is 2. The lowest BCUT2D eigenvalue weighted by Gasteiger charge is -2.05. The van der Waals surface area contributed by atoms with E-state index in [1.54, 1.807) is 18.3 Å². The quantitative estimate of drug-likeness (QED) is 0.553. The van der Waals surface area contributed by atoms with Crippen LogP contribution in [0.15, 0.2) is 53.6 Å². The topological polar surface area (TPSA) is 42.2 Å². The van der Waals surface area contributed by atoms with Crippen molar-refractivity contribution in [3.8, 4) is 0 Å². The first-order valence-corrected chi connectivity index (χ1v) is 8.17. The van der Waals surface area contributed by atoms with Gasteiger partial charge < -0.3 is 0 Å². The minimum atomic E-state index is -0.265. The third kappa shape index (κ3) is 4.12. The summed E-state index contributed by atoms with van der Waals surface area (Å²) >= 11 is 0. The van der Waals surface area contributed by atoms with Crippen LogP contribution in [-0.4, -0.2) is 16.0 Å². The highest BCUT2D eigenvalue weighted by Gasteiger charge is 2.10. The fraction of sp³-hybridized carbons (Fsp3) is 0.200. The van der Waals surface area contributed by atoms with Gasteiger partial charge in [-0.2, -0.15) is 10.2 Å². The molecule has 0 fully saturated rings. The van der Waals surface area contributed by atoms with Gasteiger partial charge in [-0.1, -0.05) is 29.8 Å². The molecule has 3 aromatic rings. The van der Waals surface area contributed by atoms with Gasteiger partial charge in [-0.25, -0.2) is 4.39 Å². The second kappa shape index (κ2) is 7.30. The SMILES string of the molecule is Cc1ccc(Cn2nc(C)c(/C=N\Nc3ccc(F)cc3)c2C)cc1. The number of hydrazone groups is 1. The van der Waals surface area contributed by atoms with Crippen molar-refractivity contribution in [1.82, 2.24) is 9.78 Å². The summed E-state index contributed by atoms with van der Waals surface area (Å²) in [4.78, 5) is 0. The highest BCUT2D eigenvalue weighted by molar-refractivity contribution is 5.83. The van der Waals surface area contributed by atoms with Crippen LogP contribution in [0.2, 0.25) is 0 Å². The number of nitrogens with zero attached hydrogens (tertiary/aromatic N) is 3. The summed E-state index contributed by atoms with van der Waals surface area (Å²) in [6.45, 7) is 6.81. The molecule has 5 heteroatoms. The Morgan fingerprint density at radius 1 is 1.04 bits per heavy atom. The molecule has 2 aromatic carbocycles. The van der Waals surface area contributed by atoms with Crippen LogP contribution in [0.4, 0.5) is 10.1 Å². The van der Waals surface area contributed by atoms with Crippen molar-refractivity contribution in [2.75, 3.05) is 5.43 Å². The lowest BCUT2D eigenvalue weighted by molar-refractivity contribution is 0.628. The van der Waals surface area contributed by atoms with Crippen molar-refractivity contribution < 1.29 is 4.39 Å². The zero-order valence-corrected chi connectivity index (χ0v) is 14.6. The monoisotopic (exact) mass is 336 g/mol. The second-order valence-electron chi connectivity index (χ2n) is 6.10. The van der Waals surface area contributed by atoms with Gasteiger partial charge >= 0.3 is 0 Å². The summed E-state index contributed by atoms with van der Waals surface area (Å²) in [6, 6.07) is 14.5. The molecule has 1 N–H and O–H groups in total. The molecule has 1 heterocycles. The molecule has 0 spiro atoms. The normalized spacial score (nSPS) is 11.2. The second-order valence-corrected chi connectivity index (χ2v) is 6.10. The highest BCUT2D eigenvalue weighted by atomic mass is 19.1. The standard InChI is InChI=1S/C20H21FN4/c1-14-4-6-17(7-5-14)13-25-16(3)20(15(2)24-25)12-22-23-19-10-8-18(21)9-11-19/h4-12,23H,13H2,1-3H3/b22-12-. The number of nitrogens with one attached hydrogen (secondary N) is 1. The lowest BCUT2D eigenvalue weighted by Crippen LogP contribution is -2.04. The molecule has 25 heavy (non-hydrogen) atoms. The number of rotatable bonds is 5. The van der Waals surface area contributed by atoms with Crippen molar-refractivity contribution >= 4 is 11.9 Å². The summed E-state index contributed by atoms with van der Waals surface area (Å²) in [5.41, 5.74) is 9.07. The van der Waals surface area contributed by atoms with Gasteiger partial charge in [-0.05, 0) is 50.6 Å². The van der Waals surface area contributed by atoms with E-state index in [0.29, 0.717) is 0 Å². The van der Waals surface area contributed by atoms with Gasteiger partial charge in [0.25, 0.3) is 0 Å². The van der Waals surface area contributed by atoms with Gasteiger partial charge in [0.05, 0.1) is 24.1 Å². The van der Waals surface area contributed by atoms with Crippen LogP contribution in [0.1, 0.15) is 28.1 Å². The third-order valence-electron chi connectivity index (χ3n) is 4.12. The Labute approximate surface area is 147 Å². The third-order valence-corrected chi connectivity index (χ3v) is 4.12. The van der Waals surface area contributed by atoms with Crippen molar-refractivity contribution in [2.24, 2.45) is 5.10 Å². The summed E-state index contributed by atoms with van der Waals surface area (Å²) < 4.78 is 14.9. The lowest BCUT2D eigenvalue weighted by atomic mass is 10.1. The molecule has 0 aliphatic rings. The van der Waals surface area contributed by atoms with Gasteiger partial charge in [0, 0.05) is 11.3 Å². The maximum atomic E-state index is 12.9. The molecule has 0 amide bonds. The predicted octanol–water partition coefficient (Wildman–Crippen LogP) is 4.44. The molecular weight excluding hydrogens is 315 g/mol. The number of benzene rings is 2. The number of hydrogen-bond donors (Lipinski definition) is 1. The van der Waals surface area contributed by atoms with Crippen LogP contribution in [0, 0.1) is 26.6 Å². The zero-order chi connectivity index (χ0) is 17.8. The molecule has 4 nitrogen and oxygen atoms in total. The largest absolute Gasteiger partial charge is 0.278 e. The van der Waals surface area contributed by atoms with Gasteiger partial charge in [-0.15, -0.1) is 0 Å². The van der Waals surface area contributed by atoms with Crippen LogP contribution >= 0.6 is 0 Å². The van der Waals surface area contributed by atoms with Crippen molar-refractivity contribution in [3.63, 3.8) is 0 Å². The maximum absolute atomic E-state index is 12.9. The molecule has 0 radical (unpaired) electrons. The Kier molecular flexibility index (Phi) is 4.93. The summed E-state index contributed by atoms with van der Waals surface area (Å²) in [7, 11) is 0. The Hall–Kier alpha value is -2.95. The minimum absolute atomic E-state index is 0.265. The van der Waals surface area contributed by atoms with Crippen LogP contribution in [0.3, 0.4) is 0 Å². The van der Waals surface area contributed by atoms with Crippen molar-refractivity contribution in [2.45, 2.75) is 27.3 Å². The Morgan fingerprint density at radius 2 is 1.72 bits per heavy atom. The van der Waals surface area contributed by atoms with Gasteiger partial charge in [-0.3, -0.25) is 10.1 Å². The van der Waals surface area contributed by atoms with E-state index in [-0.39, 0.29) is 5.82 Å². The first-order valence-electron chi connectivity index (χ1n) is 8.17. The molecule has 0 saturated heterocycles. The number of halogens is 1. The molecule has 0 aliphatic heterocycles. The number of aromatic nitrogens is 2. The van der Waals surface area contributed by atoms with E-state index in [0.717, 1.165) is 29.2 Å². The fourth-order valence-corrected chi connectivity index (χ4v) is 2.61. The zero-order valence-electron chi connectivity index (χ0n) is 14.6. The molecule has 3 rings (SSSR count). The van der Waals surface area contributed by atoms with Crippen LogP contribution in [-0.2, 0) is 6.54 Å².